The SMILES string of the molecule is [2H]C([2H])([2H])C([2H])(C)[C@]([2H])(O)C(=O)C[C@@]([2H])(C)C(=O)N[C@]1([2H])C(=O)N(C)CCc2ccccc21. The zero-order valence-corrected chi connectivity index (χ0v) is 15.0. The number of hydrogen-bond donors (Lipinski definition) is 2. The Hall–Kier alpha value is -2.21. The van der Waals surface area contributed by atoms with Crippen molar-refractivity contribution >= 4 is 17.6 Å². The van der Waals surface area contributed by atoms with E-state index in [9.17, 15) is 19.5 Å². The Balaban J connectivity index is 2.35. The molecule has 0 radical (unpaired) electrons. The van der Waals surface area contributed by atoms with Crippen LogP contribution in [0, 0.1) is 11.8 Å². The average molecular weight is 367 g/mol. The maximum atomic E-state index is 13.0. The van der Waals surface area contributed by atoms with Crippen LogP contribution in [0.2, 0.25) is 0 Å². The van der Waals surface area contributed by atoms with Gasteiger partial charge in [-0.15, -0.1) is 0 Å². The number of hydrogen-bond acceptors (Lipinski definition) is 4. The quantitative estimate of drug-likeness (QED) is 0.797. The molecule has 1 aromatic rings. The van der Waals surface area contributed by atoms with Crippen LogP contribution < -0.4 is 5.32 Å². The molecule has 6 nitrogen and oxygen atoms in total. The van der Waals surface area contributed by atoms with Gasteiger partial charge in [0.1, 0.15) is 12.1 Å². The number of likely N-dealkylation sites (N-methyl/N-ethyl adjacent to an activating group) is 1. The summed E-state index contributed by atoms with van der Waals surface area (Å²) in [6.07, 6.45) is -4.12. The third-order valence-electron chi connectivity index (χ3n) is 4.24. The van der Waals surface area contributed by atoms with E-state index in [4.69, 9.17) is 9.60 Å². The molecule has 1 unspecified atom stereocenters. The second-order valence-electron chi connectivity index (χ2n) is 6.32. The lowest BCUT2D eigenvalue weighted by molar-refractivity contribution is -0.137. The minimum Gasteiger partial charge on any atom is -0.385 e. The molecule has 1 aliphatic heterocycles. The molecule has 0 aromatic heterocycles. The summed E-state index contributed by atoms with van der Waals surface area (Å²) in [5.41, 5.74) is 0.865. The number of amides is 2. The molecule has 2 N–H and O–H groups in total. The van der Waals surface area contributed by atoms with E-state index in [1.807, 2.05) is 0 Å². The molecule has 0 bridgehead atoms. The molecule has 6 heteroatoms. The lowest BCUT2D eigenvalue weighted by atomic mass is 9.94. The molecule has 142 valence electrons. The van der Waals surface area contributed by atoms with Gasteiger partial charge in [-0.05, 0) is 23.4 Å². The number of Topliss-reactive ketones (excluding diaryl/α,β-unsaturated/α-hetero) is 1. The molecule has 0 aliphatic carbocycles. The molecule has 4 atom stereocenters. The average Bonchev–Trinajstić information content (AvgIpc) is 2.77. The molecule has 1 heterocycles. The number of carbonyl (C=O) groups excluding carboxylic acids is 3. The Morgan fingerprint density at radius 2 is 2.15 bits per heavy atom. The highest BCUT2D eigenvalue weighted by Crippen LogP contribution is 2.25. The fourth-order valence-corrected chi connectivity index (χ4v) is 2.63. The normalized spacial score (nSPS) is 31.5. The van der Waals surface area contributed by atoms with Crippen molar-refractivity contribution in [3.05, 3.63) is 35.4 Å². The molecule has 1 aliphatic rings. The van der Waals surface area contributed by atoms with E-state index in [1.54, 1.807) is 18.2 Å². The van der Waals surface area contributed by atoms with Crippen LogP contribution in [0.4, 0.5) is 0 Å². The first-order valence-corrected chi connectivity index (χ1v) is 8.21. The van der Waals surface area contributed by atoms with Gasteiger partial charge in [-0.2, -0.15) is 0 Å². The highest BCUT2D eigenvalue weighted by Gasteiger charge is 2.32. The van der Waals surface area contributed by atoms with Crippen molar-refractivity contribution in [2.45, 2.75) is 45.6 Å². The molecular weight excluding hydrogens is 332 g/mol. The molecule has 0 saturated carbocycles. The van der Waals surface area contributed by atoms with Crippen LogP contribution in [0.15, 0.2) is 24.3 Å². The zero-order chi connectivity index (χ0) is 25.6. The fourth-order valence-electron chi connectivity index (χ4n) is 2.63. The van der Waals surface area contributed by atoms with Gasteiger partial charge in [0, 0.05) is 32.8 Å². The third kappa shape index (κ3) is 4.49. The van der Waals surface area contributed by atoms with Crippen LogP contribution in [0.5, 0.6) is 0 Å². The van der Waals surface area contributed by atoms with Gasteiger partial charge in [0.25, 0.3) is 0 Å². The van der Waals surface area contributed by atoms with E-state index in [1.165, 1.54) is 18.0 Å². The number of ketones is 1. The Bertz CT molecular complexity index is 962. The number of benzene rings is 1. The first-order valence-electron chi connectivity index (χ1n) is 11.7. The molecule has 1 aromatic carbocycles. The van der Waals surface area contributed by atoms with Crippen LogP contribution in [0.3, 0.4) is 0 Å². The number of fused-ring (bicyclic) bond motifs is 1. The smallest absolute Gasteiger partial charge is 0.249 e. The van der Waals surface area contributed by atoms with Crippen LogP contribution in [0.1, 0.15) is 53.9 Å². The van der Waals surface area contributed by atoms with Crippen molar-refractivity contribution in [1.29, 1.82) is 0 Å². The second kappa shape index (κ2) is 8.45. The number of carbonyl (C=O) groups is 3. The van der Waals surface area contributed by atoms with Crippen molar-refractivity contribution in [3.8, 4) is 0 Å². The minimum atomic E-state index is -3.44. The van der Waals surface area contributed by atoms with E-state index >= 15 is 0 Å². The van der Waals surface area contributed by atoms with Gasteiger partial charge < -0.3 is 15.3 Å². The predicted octanol–water partition coefficient (Wildman–Crippen LogP) is 1.47. The van der Waals surface area contributed by atoms with Crippen molar-refractivity contribution in [2.24, 2.45) is 11.8 Å². The highest BCUT2D eigenvalue weighted by atomic mass is 16.3. The summed E-state index contributed by atoms with van der Waals surface area (Å²) in [5.74, 6) is -8.79. The van der Waals surface area contributed by atoms with Gasteiger partial charge in [0.2, 0.25) is 11.8 Å². The molecule has 0 saturated heterocycles. The largest absolute Gasteiger partial charge is 0.385 e. The van der Waals surface area contributed by atoms with E-state index in [-0.39, 0.29) is 5.56 Å². The van der Waals surface area contributed by atoms with E-state index in [2.05, 4.69) is 5.32 Å². The second-order valence-corrected chi connectivity index (χ2v) is 6.32. The lowest BCUT2D eigenvalue weighted by Gasteiger charge is -2.24. The van der Waals surface area contributed by atoms with E-state index in [0.717, 1.165) is 6.92 Å². The van der Waals surface area contributed by atoms with E-state index < -0.39 is 54.8 Å². The summed E-state index contributed by atoms with van der Waals surface area (Å²) >= 11 is 0. The summed E-state index contributed by atoms with van der Waals surface area (Å²) in [6, 6.07) is 4.26. The number of rotatable bonds is 6. The monoisotopic (exact) mass is 367 g/mol. The van der Waals surface area contributed by atoms with Gasteiger partial charge in [-0.1, -0.05) is 45.0 Å². The Morgan fingerprint density at radius 1 is 1.46 bits per heavy atom. The standard InChI is InChI=1S/C20H28N2O4/c1-12(2)18(24)16(23)11-13(3)19(25)21-17-15-8-6-5-7-14(15)9-10-22(4)20(17)26/h5-8,12-13,17-18,24H,9-11H2,1-4H3,(H,21,25)/t13-,17+,18+/m1/s1/i1D3,12D,13D,17D,18D/t12?,13-,17+,18+. The van der Waals surface area contributed by atoms with Crippen LogP contribution in [-0.4, -0.2) is 47.3 Å². The van der Waals surface area contributed by atoms with Crippen LogP contribution in [-0.2, 0) is 20.8 Å². The van der Waals surface area contributed by atoms with Crippen molar-refractivity contribution < 1.29 is 29.1 Å². The third-order valence-corrected chi connectivity index (χ3v) is 4.24. The highest BCUT2D eigenvalue weighted by molar-refractivity contribution is 5.92. The summed E-state index contributed by atoms with van der Waals surface area (Å²) in [6.45, 7) is -1.23. The van der Waals surface area contributed by atoms with E-state index in [0.29, 0.717) is 25.5 Å². The fraction of sp³-hybridized carbons (Fsp3) is 0.550. The van der Waals surface area contributed by atoms with Gasteiger partial charge >= 0.3 is 0 Å². The number of aliphatic hydroxyl groups is 1. The Morgan fingerprint density at radius 3 is 2.85 bits per heavy atom. The number of nitrogens with one attached hydrogen (secondary N) is 1. The topological polar surface area (TPSA) is 86.7 Å². The molecule has 0 fully saturated rings. The lowest BCUT2D eigenvalue weighted by Crippen LogP contribution is -2.43. The predicted molar refractivity (Wildman–Crippen MR) is 98.3 cm³/mol. The van der Waals surface area contributed by atoms with Gasteiger partial charge in [-0.3, -0.25) is 14.4 Å². The van der Waals surface area contributed by atoms with Crippen molar-refractivity contribution in [1.82, 2.24) is 10.2 Å². The first kappa shape index (κ1) is 12.2. The van der Waals surface area contributed by atoms with Crippen molar-refractivity contribution in [3.63, 3.8) is 0 Å². The molecule has 0 spiro atoms. The Kier molecular flexibility index (Phi) is 3.97. The maximum absolute atomic E-state index is 13.0. The summed E-state index contributed by atoms with van der Waals surface area (Å²) in [4.78, 5) is 39.8. The molecule has 2 amide bonds. The summed E-state index contributed by atoms with van der Waals surface area (Å²) in [7, 11) is 1.47. The van der Waals surface area contributed by atoms with Gasteiger partial charge in [-0.25, -0.2) is 0 Å². The van der Waals surface area contributed by atoms with Gasteiger partial charge in [0.15, 0.2) is 5.78 Å². The first-order chi connectivity index (χ1) is 14.8. The zero-order valence-electron chi connectivity index (χ0n) is 22.0. The van der Waals surface area contributed by atoms with Crippen molar-refractivity contribution in [2.75, 3.05) is 13.6 Å². The molecule has 2 rings (SSSR count). The van der Waals surface area contributed by atoms with Crippen LogP contribution >= 0.6 is 0 Å². The summed E-state index contributed by atoms with van der Waals surface area (Å²) in [5, 5.41) is 12.5. The van der Waals surface area contributed by atoms with Crippen LogP contribution in [0.25, 0.3) is 0 Å². The Labute approximate surface area is 164 Å². The molecule has 26 heavy (non-hydrogen) atoms. The maximum Gasteiger partial charge on any atom is 0.249 e. The molecular formula is C20H28N2O4. The van der Waals surface area contributed by atoms with Gasteiger partial charge in [0.05, 0.1) is 2.74 Å². The minimum absolute atomic E-state index is 0.216. The number of nitrogens with zero attached hydrogens (tertiary/aromatic N) is 1. The summed E-state index contributed by atoms with van der Waals surface area (Å²) < 4.78 is 54.8.